The van der Waals surface area contributed by atoms with Gasteiger partial charge in [0.1, 0.15) is 11.5 Å². The van der Waals surface area contributed by atoms with E-state index in [2.05, 4.69) is 0 Å². The molecule has 0 radical (unpaired) electrons. The summed E-state index contributed by atoms with van der Waals surface area (Å²) >= 11 is 6.09. The molecule has 0 bridgehead atoms. The Bertz CT molecular complexity index is 1100. The third-order valence-electron chi connectivity index (χ3n) is 6.36. The SMILES string of the molecule is CCOc1ccc(/C(O)=C2/C(=O)C(=O)N(CC3CCCO3)C2c2ccc(Cl)cc2)cc1C(C)C. The van der Waals surface area contributed by atoms with E-state index in [1.165, 1.54) is 4.90 Å². The zero-order chi connectivity index (χ0) is 24.4. The van der Waals surface area contributed by atoms with E-state index >= 15 is 0 Å². The zero-order valence-electron chi connectivity index (χ0n) is 19.7. The predicted octanol–water partition coefficient (Wildman–Crippen LogP) is 5.46. The van der Waals surface area contributed by atoms with E-state index in [0.29, 0.717) is 29.4 Å². The fourth-order valence-electron chi connectivity index (χ4n) is 4.66. The van der Waals surface area contributed by atoms with Crippen molar-refractivity contribution in [2.24, 2.45) is 0 Å². The number of aliphatic hydroxyl groups excluding tert-OH is 1. The normalized spacial score (nSPS) is 22.1. The van der Waals surface area contributed by atoms with Crippen molar-refractivity contribution in [3.05, 3.63) is 69.8 Å². The Kier molecular flexibility index (Phi) is 7.29. The topological polar surface area (TPSA) is 76.1 Å². The molecule has 1 N–H and O–H groups in total. The van der Waals surface area contributed by atoms with Gasteiger partial charge in [-0.05, 0) is 67.1 Å². The van der Waals surface area contributed by atoms with Crippen molar-refractivity contribution in [1.29, 1.82) is 0 Å². The Hall–Kier alpha value is -2.83. The number of likely N-dealkylation sites (tertiary alicyclic amines) is 1. The van der Waals surface area contributed by atoms with Crippen molar-refractivity contribution in [1.82, 2.24) is 4.90 Å². The molecular formula is C27H30ClNO5. The van der Waals surface area contributed by atoms with Crippen molar-refractivity contribution in [2.75, 3.05) is 19.8 Å². The standard InChI is InChI=1S/C27H30ClNO5/c1-4-33-22-12-9-18(14-21(22)16(2)3)25(30)23-24(17-7-10-19(28)11-8-17)29(27(32)26(23)31)15-20-6-5-13-34-20/h7-12,14,16,20,24,30H,4-6,13,15H2,1-3H3/b25-23-. The van der Waals surface area contributed by atoms with E-state index in [-0.39, 0.29) is 29.9 Å². The molecule has 2 aliphatic heterocycles. The summed E-state index contributed by atoms with van der Waals surface area (Å²) in [6.07, 6.45) is 1.61. The van der Waals surface area contributed by atoms with Gasteiger partial charge in [-0.3, -0.25) is 9.59 Å². The number of carbonyl (C=O) groups is 2. The van der Waals surface area contributed by atoms with Gasteiger partial charge in [-0.1, -0.05) is 37.6 Å². The molecular weight excluding hydrogens is 454 g/mol. The molecule has 1 amide bonds. The highest BCUT2D eigenvalue weighted by atomic mass is 35.5. The molecule has 0 aromatic heterocycles. The van der Waals surface area contributed by atoms with Crippen molar-refractivity contribution in [3.63, 3.8) is 0 Å². The molecule has 0 saturated carbocycles. The zero-order valence-corrected chi connectivity index (χ0v) is 20.5. The lowest BCUT2D eigenvalue weighted by Crippen LogP contribution is -2.36. The number of amides is 1. The van der Waals surface area contributed by atoms with Crippen molar-refractivity contribution in [3.8, 4) is 5.75 Å². The number of carbonyl (C=O) groups excluding carboxylic acids is 2. The Morgan fingerprint density at radius 2 is 1.94 bits per heavy atom. The van der Waals surface area contributed by atoms with Crippen molar-refractivity contribution < 1.29 is 24.2 Å². The average molecular weight is 484 g/mol. The van der Waals surface area contributed by atoms with Gasteiger partial charge >= 0.3 is 0 Å². The quantitative estimate of drug-likeness (QED) is 0.321. The van der Waals surface area contributed by atoms with Crippen LogP contribution in [-0.2, 0) is 14.3 Å². The van der Waals surface area contributed by atoms with Crippen LogP contribution in [-0.4, -0.2) is 47.6 Å². The minimum atomic E-state index is -0.726. The van der Waals surface area contributed by atoms with Gasteiger partial charge in [0.15, 0.2) is 0 Å². The number of benzene rings is 2. The molecule has 2 saturated heterocycles. The lowest BCUT2D eigenvalue weighted by molar-refractivity contribution is -0.140. The first-order valence-electron chi connectivity index (χ1n) is 11.7. The molecule has 2 atom stereocenters. The minimum Gasteiger partial charge on any atom is -0.507 e. The van der Waals surface area contributed by atoms with Crippen LogP contribution in [0.25, 0.3) is 5.76 Å². The summed E-state index contributed by atoms with van der Waals surface area (Å²) < 4.78 is 11.5. The highest BCUT2D eigenvalue weighted by molar-refractivity contribution is 6.46. The van der Waals surface area contributed by atoms with Gasteiger partial charge in [-0.2, -0.15) is 0 Å². The Morgan fingerprint density at radius 3 is 2.56 bits per heavy atom. The molecule has 180 valence electrons. The molecule has 4 rings (SSSR count). The Morgan fingerprint density at radius 1 is 1.21 bits per heavy atom. The van der Waals surface area contributed by atoms with Crippen LogP contribution in [0.4, 0.5) is 0 Å². The van der Waals surface area contributed by atoms with Crippen molar-refractivity contribution >= 4 is 29.1 Å². The van der Waals surface area contributed by atoms with Gasteiger partial charge in [0.05, 0.1) is 24.3 Å². The number of nitrogens with zero attached hydrogens (tertiary/aromatic N) is 1. The number of hydrogen-bond acceptors (Lipinski definition) is 5. The number of ketones is 1. The van der Waals surface area contributed by atoms with Gasteiger partial charge in [-0.25, -0.2) is 0 Å². The maximum atomic E-state index is 13.2. The van der Waals surface area contributed by atoms with Gasteiger partial charge in [0.2, 0.25) is 0 Å². The predicted molar refractivity (Wildman–Crippen MR) is 131 cm³/mol. The average Bonchev–Trinajstić information content (AvgIpc) is 3.42. The van der Waals surface area contributed by atoms with Crippen LogP contribution < -0.4 is 4.74 Å². The Labute approximate surface area is 205 Å². The number of ether oxygens (including phenoxy) is 2. The second-order valence-electron chi connectivity index (χ2n) is 8.98. The van der Waals surface area contributed by atoms with Crippen LogP contribution in [0.5, 0.6) is 5.75 Å². The fraction of sp³-hybridized carbons (Fsp3) is 0.407. The molecule has 0 aliphatic carbocycles. The van der Waals surface area contributed by atoms with E-state index in [0.717, 1.165) is 24.2 Å². The van der Waals surface area contributed by atoms with Crippen molar-refractivity contribution in [2.45, 2.75) is 51.7 Å². The summed E-state index contributed by atoms with van der Waals surface area (Å²) in [5, 5.41) is 11.9. The maximum Gasteiger partial charge on any atom is 0.295 e. The van der Waals surface area contributed by atoms with Gasteiger partial charge in [0, 0.05) is 23.7 Å². The van der Waals surface area contributed by atoms with E-state index in [1.807, 2.05) is 26.8 Å². The number of halogens is 1. The Balaban J connectivity index is 1.82. The molecule has 2 unspecified atom stereocenters. The first-order valence-corrected chi connectivity index (χ1v) is 12.1. The van der Waals surface area contributed by atoms with Gasteiger partial charge < -0.3 is 19.5 Å². The van der Waals surface area contributed by atoms with Gasteiger partial charge in [0.25, 0.3) is 11.7 Å². The van der Waals surface area contributed by atoms with E-state index in [4.69, 9.17) is 21.1 Å². The van der Waals surface area contributed by atoms with E-state index in [1.54, 1.807) is 36.4 Å². The third kappa shape index (κ3) is 4.70. The molecule has 2 aromatic carbocycles. The second-order valence-corrected chi connectivity index (χ2v) is 9.41. The molecule has 34 heavy (non-hydrogen) atoms. The lowest BCUT2D eigenvalue weighted by atomic mass is 9.93. The summed E-state index contributed by atoms with van der Waals surface area (Å²) in [7, 11) is 0. The molecule has 0 spiro atoms. The number of hydrogen-bond donors (Lipinski definition) is 1. The molecule has 7 heteroatoms. The maximum absolute atomic E-state index is 13.2. The fourth-order valence-corrected chi connectivity index (χ4v) is 4.78. The summed E-state index contributed by atoms with van der Waals surface area (Å²) in [5.41, 5.74) is 2.17. The molecule has 2 aliphatic rings. The summed E-state index contributed by atoms with van der Waals surface area (Å²) in [6.45, 7) is 7.45. The molecule has 2 aromatic rings. The second kappa shape index (κ2) is 10.2. The summed E-state index contributed by atoms with van der Waals surface area (Å²) in [5.74, 6) is -0.647. The number of rotatable bonds is 7. The monoisotopic (exact) mass is 483 g/mol. The summed E-state index contributed by atoms with van der Waals surface area (Å²) in [4.78, 5) is 27.9. The lowest BCUT2D eigenvalue weighted by Gasteiger charge is -2.27. The third-order valence-corrected chi connectivity index (χ3v) is 6.61. The molecule has 2 heterocycles. The number of aliphatic hydroxyl groups is 1. The van der Waals surface area contributed by atoms with Crippen LogP contribution in [0, 0.1) is 0 Å². The van der Waals surface area contributed by atoms with Crippen LogP contribution in [0.2, 0.25) is 5.02 Å². The minimum absolute atomic E-state index is 0.0733. The summed E-state index contributed by atoms with van der Waals surface area (Å²) in [6, 6.07) is 11.6. The largest absolute Gasteiger partial charge is 0.507 e. The number of Topliss-reactive ketones (excluding diaryl/α,β-unsaturated/α-hetero) is 1. The first-order chi connectivity index (χ1) is 16.3. The van der Waals surface area contributed by atoms with Crippen LogP contribution in [0.15, 0.2) is 48.0 Å². The van der Waals surface area contributed by atoms with Crippen LogP contribution in [0.3, 0.4) is 0 Å². The van der Waals surface area contributed by atoms with Crippen LogP contribution >= 0.6 is 11.6 Å². The van der Waals surface area contributed by atoms with Gasteiger partial charge in [-0.15, -0.1) is 0 Å². The molecule has 2 fully saturated rings. The van der Waals surface area contributed by atoms with E-state index < -0.39 is 17.7 Å². The van der Waals surface area contributed by atoms with Crippen LogP contribution in [0.1, 0.15) is 62.3 Å². The van der Waals surface area contributed by atoms with E-state index in [9.17, 15) is 14.7 Å². The highest BCUT2D eigenvalue weighted by Crippen LogP contribution is 2.41. The first kappa shape index (κ1) is 24.3. The highest BCUT2D eigenvalue weighted by Gasteiger charge is 2.47. The smallest absolute Gasteiger partial charge is 0.295 e. The molecule has 6 nitrogen and oxygen atoms in total.